The Bertz CT molecular complexity index is 1110. The molecule has 2 aliphatic rings. The maximum absolute atomic E-state index is 12.6. The van der Waals surface area contributed by atoms with Crippen LogP contribution in [0.15, 0.2) is 47.8 Å². The first-order chi connectivity index (χ1) is 15.7. The van der Waals surface area contributed by atoms with Gasteiger partial charge in [-0.25, -0.2) is 9.67 Å². The summed E-state index contributed by atoms with van der Waals surface area (Å²) in [6.07, 6.45) is 8.87. The largest absolute Gasteiger partial charge is 0.355 e. The van der Waals surface area contributed by atoms with Gasteiger partial charge < -0.3 is 10.2 Å². The highest BCUT2D eigenvalue weighted by Crippen LogP contribution is 2.38. The number of carbonyl (C=O) groups excluding carboxylic acids is 1. The molecule has 1 aliphatic carbocycles. The van der Waals surface area contributed by atoms with Gasteiger partial charge in [-0.2, -0.15) is 5.10 Å². The third kappa shape index (κ3) is 4.53. The predicted octanol–water partition coefficient (Wildman–Crippen LogP) is 1.13. The molecule has 5 rings (SSSR count). The minimum atomic E-state index is -0.0517. The first-order valence-corrected chi connectivity index (χ1v) is 11.1. The molecule has 10 heteroatoms. The quantitative estimate of drug-likeness (QED) is 0.593. The normalized spacial score (nSPS) is 16.8. The molecular formula is C22H26N8O2. The zero-order valence-corrected chi connectivity index (χ0v) is 17.8. The molecule has 3 aromatic rings. The Morgan fingerprint density at radius 2 is 1.88 bits per heavy atom. The Labute approximate surface area is 185 Å². The molecule has 0 atom stereocenters. The van der Waals surface area contributed by atoms with Crippen molar-refractivity contribution in [3.8, 4) is 5.82 Å². The monoisotopic (exact) mass is 434 g/mol. The van der Waals surface area contributed by atoms with Gasteiger partial charge in [0.25, 0.3) is 5.56 Å². The van der Waals surface area contributed by atoms with Gasteiger partial charge in [-0.3, -0.25) is 14.2 Å². The van der Waals surface area contributed by atoms with Crippen molar-refractivity contribution >= 4 is 11.7 Å². The molecule has 0 unspecified atom stereocenters. The standard InChI is InChI=1S/C22H26N8O2/c31-21-14-18(16-2-3-16)24-15-29(21)13-9-23-22(32)17-6-11-28(12-7-17)19-4-5-20(27-26-19)30-10-1-8-25-30/h1,4-5,8,10,14-17H,2-3,6-7,9,11-13H2,(H,23,32). The lowest BCUT2D eigenvalue weighted by Gasteiger charge is -2.31. The lowest BCUT2D eigenvalue weighted by molar-refractivity contribution is -0.125. The molecule has 0 aromatic carbocycles. The second-order valence-corrected chi connectivity index (χ2v) is 8.37. The number of nitrogens with zero attached hydrogens (tertiary/aromatic N) is 7. The highest BCUT2D eigenvalue weighted by molar-refractivity contribution is 5.78. The number of carbonyl (C=O) groups is 1. The summed E-state index contributed by atoms with van der Waals surface area (Å²) in [5.74, 6) is 1.95. The molecule has 0 bridgehead atoms. The Morgan fingerprint density at radius 1 is 1.09 bits per heavy atom. The average molecular weight is 435 g/mol. The fourth-order valence-electron chi connectivity index (χ4n) is 4.04. The maximum Gasteiger partial charge on any atom is 0.253 e. The van der Waals surface area contributed by atoms with Crippen molar-refractivity contribution in [2.75, 3.05) is 24.5 Å². The van der Waals surface area contributed by atoms with Crippen LogP contribution in [0.3, 0.4) is 0 Å². The van der Waals surface area contributed by atoms with E-state index >= 15 is 0 Å². The molecule has 32 heavy (non-hydrogen) atoms. The van der Waals surface area contributed by atoms with E-state index in [4.69, 9.17) is 0 Å². The number of hydrogen-bond donors (Lipinski definition) is 1. The van der Waals surface area contributed by atoms with Gasteiger partial charge in [0.2, 0.25) is 5.91 Å². The molecule has 2 fully saturated rings. The summed E-state index contributed by atoms with van der Waals surface area (Å²) >= 11 is 0. The fraction of sp³-hybridized carbons (Fsp3) is 0.455. The molecule has 0 radical (unpaired) electrons. The van der Waals surface area contributed by atoms with E-state index in [1.807, 2.05) is 24.4 Å². The fourth-order valence-corrected chi connectivity index (χ4v) is 4.04. The first kappa shape index (κ1) is 20.3. The Morgan fingerprint density at radius 3 is 2.53 bits per heavy atom. The lowest BCUT2D eigenvalue weighted by Crippen LogP contribution is -2.42. The molecule has 1 aliphatic heterocycles. The third-order valence-corrected chi connectivity index (χ3v) is 6.11. The van der Waals surface area contributed by atoms with Crippen LogP contribution < -0.4 is 15.8 Å². The van der Waals surface area contributed by atoms with E-state index in [-0.39, 0.29) is 17.4 Å². The van der Waals surface area contributed by atoms with Crippen LogP contribution in [0.4, 0.5) is 5.82 Å². The predicted molar refractivity (Wildman–Crippen MR) is 118 cm³/mol. The van der Waals surface area contributed by atoms with Crippen LogP contribution in [0.1, 0.15) is 37.3 Å². The van der Waals surface area contributed by atoms with Gasteiger partial charge in [-0.05, 0) is 43.9 Å². The zero-order valence-electron chi connectivity index (χ0n) is 17.8. The third-order valence-electron chi connectivity index (χ3n) is 6.11. The SMILES string of the molecule is O=C(NCCn1cnc(C2CC2)cc1=O)C1CCN(c2ccc(-n3cccn3)nn2)CC1. The number of nitrogens with one attached hydrogen (secondary N) is 1. The van der Waals surface area contributed by atoms with Gasteiger partial charge in [0.15, 0.2) is 11.6 Å². The molecule has 1 saturated heterocycles. The van der Waals surface area contributed by atoms with Crippen LogP contribution >= 0.6 is 0 Å². The van der Waals surface area contributed by atoms with E-state index in [1.54, 1.807) is 27.8 Å². The molecule has 4 heterocycles. The molecule has 1 amide bonds. The number of piperidine rings is 1. The molecule has 10 nitrogen and oxygen atoms in total. The number of amides is 1. The zero-order chi connectivity index (χ0) is 21.9. The van der Waals surface area contributed by atoms with Crippen molar-refractivity contribution in [3.05, 3.63) is 59.0 Å². The van der Waals surface area contributed by atoms with Gasteiger partial charge in [0, 0.05) is 56.5 Å². The van der Waals surface area contributed by atoms with Gasteiger partial charge in [0.05, 0.1) is 12.0 Å². The second kappa shape index (κ2) is 8.89. The van der Waals surface area contributed by atoms with Crippen molar-refractivity contribution in [2.45, 2.75) is 38.1 Å². The van der Waals surface area contributed by atoms with Crippen LogP contribution in [-0.4, -0.2) is 55.1 Å². The summed E-state index contributed by atoms with van der Waals surface area (Å²) < 4.78 is 3.22. The van der Waals surface area contributed by atoms with Gasteiger partial charge in [0.1, 0.15) is 0 Å². The number of anilines is 1. The van der Waals surface area contributed by atoms with E-state index in [9.17, 15) is 9.59 Å². The number of hydrogen-bond acceptors (Lipinski definition) is 7. The van der Waals surface area contributed by atoms with Crippen LogP contribution in [0.2, 0.25) is 0 Å². The number of aromatic nitrogens is 6. The van der Waals surface area contributed by atoms with E-state index in [1.165, 1.54) is 0 Å². The van der Waals surface area contributed by atoms with Crippen molar-refractivity contribution < 1.29 is 4.79 Å². The smallest absolute Gasteiger partial charge is 0.253 e. The van der Waals surface area contributed by atoms with Gasteiger partial charge in [-0.1, -0.05) is 0 Å². The summed E-state index contributed by atoms with van der Waals surface area (Å²) in [5, 5.41) is 15.7. The maximum atomic E-state index is 12.6. The molecule has 1 N–H and O–H groups in total. The highest BCUT2D eigenvalue weighted by Gasteiger charge is 2.26. The van der Waals surface area contributed by atoms with Gasteiger partial charge >= 0.3 is 0 Å². The Balaban J connectivity index is 1.08. The van der Waals surface area contributed by atoms with Crippen LogP contribution in [-0.2, 0) is 11.3 Å². The lowest BCUT2D eigenvalue weighted by atomic mass is 9.96. The summed E-state index contributed by atoms with van der Waals surface area (Å²) in [5.41, 5.74) is 0.840. The van der Waals surface area contributed by atoms with Crippen LogP contribution in [0.5, 0.6) is 0 Å². The highest BCUT2D eigenvalue weighted by atomic mass is 16.2. The minimum Gasteiger partial charge on any atom is -0.355 e. The van der Waals surface area contributed by atoms with E-state index in [0.717, 1.165) is 50.3 Å². The van der Waals surface area contributed by atoms with Crippen LogP contribution in [0.25, 0.3) is 5.82 Å². The van der Waals surface area contributed by atoms with Crippen LogP contribution in [0, 0.1) is 5.92 Å². The Hall–Kier alpha value is -3.56. The second-order valence-electron chi connectivity index (χ2n) is 8.37. The molecule has 0 spiro atoms. The van der Waals surface area contributed by atoms with E-state index in [2.05, 4.69) is 30.5 Å². The summed E-state index contributed by atoms with van der Waals surface area (Å²) in [4.78, 5) is 31.3. The summed E-state index contributed by atoms with van der Waals surface area (Å²) in [6, 6.07) is 7.29. The van der Waals surface area contributed by atoms with E-state index < -0.39 is 0 Å². The van der Waals surface area contributed by atoms with Crippen molar-refractivity contribution in [2.24, 2.45) is 5.92 Å². The average Bonchev–Trinajstić information content (AvgIpc) is 3.54. The molecule has 1 saturated carbocycles. The topological polar surface area (TPSA) is 111 Å². The first-order valence-electron chi connectivity index (χ1n) is 11.1. The molecule has 166 valence electrons. The van der Waals surface area contributed by atoms with Crippen molar-refractivity contribution in [3.63, 3.8) is 0 Å². The summed E-state index contributed by atoms with van der Waals surface area (Å²) in [7, 11) is 0. The molecule has 3 aromatic heterocycles. The minimum absolute atomic E-state index is 0.0327. The van der Waals surface area contributed by atoms with Crippen molar-refractivity contribution in [1.29, 1.82) is 0 Å². The summed E-state index contributed by atoms with van der Waals surface area (Å²) in [6.45, 7) is 2.35. The van der Waals surface area contributed by atoms with Gasteiger partial charge in [-0.15, -0.1) is 10.2 Å². The number of rotatable bonds is 7. The molecular weight excluding hydrogens is 408 g/mol. The Kier molecular flexibility index (Phi) is 5.66. The van der Waals surface area contributed by atoms with Crippen molar-refractivity contribution in [1.82, 2.24) is 34.8 Å². The van der Waals surface area contributed by atoms with E-state index in [0.29, 0.717) is 24.8 Å².